The summed E-state index contributed by atoms with van der Waals surface area (Å²) >= 11 is 0. The van der Waals surface area contributed by atoms with E-state index in [1.54, 1.807) is 12.4 Å². The number of benzene rings is 1. The highest BCUT2D eigenvalue weighted by Gasteiger charge is 2.05. The van der Waals surface area contributed by atoms with Crippen LogP contribution in [-0.2, 0) is 0 Å². The zero-order valence-electron chi connectivity index (χ0n) is 8.55. The lowest BCUT2D eigenvalue weighted by Crippen LogP contribution is -1.95. The van der Waals surface area contributed by atoms with Gasteiger partial charge in [-0.15, -0.1) is 0 Å². The van der Waals surface area contributed by atoms with Crippen LogP contribution in [0.5, 0.6) is 5.75 Å². The minimum Gasteiger partial charge on any atom is -0.491 e. The second-order valence-electron chi connectivity index (χ2n) is 3.07. The molecular formula is C12H12N2O. The molecule has 0 saturated heterocycles. The Morgan fingerprint density at radius 3 is 2.53 bits per heavy atom. The Labute approximate surface area is 88.7 Å². The number of aromatic nitrogens is 2. The molecule has 2 rings (SSSR count). The van der Waals surface area contributed by atoms with E-state index in [0.717, 1.165) is 16.9 Å². The van der Waals surface area contributed by atoms with Gasteiger partial charge in [0.2, 0.25) is 0 Å². The largest absolute Gasteiger partial charge is 0.491 e. The predicted octanol–water partition coefficient (Wildman–Crippen LogP) is 2.54. The minimum absolute atomic E-state index is 0.630. The maximum atomic E-state index is 5.49. The molecule has 0 aliphatic carbocycles. The van der Waals surface area contributed by atoms with Gasteiger partial charge in [0, 0.05) is 5.56 Å². The zero-order chi connectivity index (χ0) is 10.5. The number of hydrogen-bond donors (Lipinski definition) is 0. The maximum absolute atomic E-state index is 5.49. The van der Waals surface area contributed by atoms with Gasteiger partial charge in [-0.3, -0.25) is 0 Å². The summed E-state index contributed by atoms with van der Waals surface area (Å²) in [5.74, 6) is 0.777. The molecule has 0 aliphatic heterocycles. The maximum Gasteiger partial charge on any atom is 0.148 e. The van der Waals surface area contributed by atoms with Crippen LogP contribution in [0.25, 0.3) is 11.1 Å². The highest BCUT2D eigenvalue weighted by atomic mass is 16.5. The van der Waals surface area contributed by atoms with E-state index in [4.69, 9.17) is 4.74 Å². The molecule has 0 unspecified atom stereocenters. The van der Waals surface area contributed by atoms with Gasteiger partial charge in [0.05, 0.1) is 19.0 Å². The first-order valence-electron chi connectivity index (χ1n) is 4.90. The van der Waals surface area contributed by atoms with E-state index in [-0.39, 0.29) is 0 Å². The first kappa shape index (κ1) is 9.65. The molecule has 0 radical (unpaired) electrons. The molecule has 1 aromatic heterocycles. The summed E-state index contributed by atoms with van der Waals surface area (Å²) in [6, 6.07) is 10.0. The summed E-state index contributed by atoms with van der Waals surface area (Å²) in [4.78, 5) is 0. The second kappa shape index (κ2) is 4.55. The first-order chi connectivity index (χ1) is 7.42. The summed E-state index contributed by atoms with van der Waals surface area (Å²) in [7, 11) is 0. The van der Waals surface area contributed by atoms with Gasteiger partial charge < -0.3 is 4.74 Å². The molecule has 0 spiro atoms. The number of nitrogens with zero attached hydrogens (tertiary/aromatic N) is 2. The minimum atomic E-state index is 0.630. The van der Waals surface area contributed by atoms with Gasteiger partial charge in [-0.2, -0.15) is 10.2 Å². The van der Waals surface area contributed by atoms with Gasteiger partial charge in [0.15, 0.2) is 0 Å². The van der Waals surface area contributed by atoms with E-state index in [9.17, 15) is 0 Å². The Morgan fingerprint density at radius 2 is 1.80 bits per heavy atom. The van der Waals surface area contributed by atoms with Crippen molar-refractivity contribution < 1.29 is 4.74 Å². The van der Waals surface area contributed by atoms with Gasteiger partial charge in [-0.25, -0.2) is 0 Å². The first-order valence-corrected chi connectivity index (χ1v) is 4.90. The quantitative estimate of drug-likeness (QED) is 0.763. The van der Waals surface area contributed by atoms with E-state index in [2.05, 4.69) is 10.2 Å². The van der Waals surface area contributed by atoms with E-state index in [1.165, 1.54) is 0 Å². The van der Waals surface area contributed by atoms with Crippen molar-refractivity contribution in [2.24, 2.45) is 0 Å². The Bertz CT molecular complexity index is 429. The molecule has 2 aromatic rings. The zero-order valence-corrected chi connectivity index (χ0v) is 8.55. The lowest BCUT2D eigenvalue weighted by molar-refractivity contribution is 0.339. The summed E-state index contributed by atoms with van der Waals surface area (Å²) < 4.78 is 5.49. The smallest absolute Gasteiger partial charge is 0.148 e. The molecule has 0 fully saturated rings. The Balaban J connectivity index is 2.43. The van der Waals surface area contributed by atoms with Crippen LogP contribution >= 0.6 is 0 Å². The van der Waals surface area contributed by atoms with E-state index in [1.807, 2.05) is 37.3 Å². The molecule has 0 bridgehead atoms. The van der Waals surface area contributed by atoms with Gasteiger partial charge >= 0.3 is 0 Å². The second-order valence-corrected chi connectivity index (χ2v) is 3.07. The Kier molecular flexibility index (Phi) is 2.93. The summed E-state index contributed by atoms with van der Waals surface area (Å²) in [5.41, 5.74) is 2.07. The van der Waals surface area contributed by atoms with Crippen LogP contribution in [0.15, 0.2) is 42.7 Å². The predicted molar refractivity (Wildman–Crippen MR) is 58.6 cm³/mol. The highest BCUT2D eigenvalue weighted by molar-refractivity contribution is 5.68. The van der Waals surface area contributed by atoms with Crippen LogP contribution in [0, 0.1) is 0 Å². The summed E-state index contributed by atoms with van der Waals surface area (Å²) in [6.45, 7) is 2.58. The lowest BCUT2D eigenvalue weighted by Gasteiger charge is -2.08. The molecule has 3 nitrogen and oxygen atoms in total. The van der Waals surface area contributed by atoms with Crippen LogP contribution in [0.1, 0.15) is 6.92 Å². The van der Waals surface area contributed by atoms with E-state index >= 15 is 0 Å². The number of rotatable bonds is 3. The molecule has 1 heterocycles. The SMILES string of the molecule is CCOc1cnncc1-c1ccccc1. The van der Waals surface area contributed by atoms with Gasteiger partial charge in [-0.05, 0) is 12.5 Å². The molecular weight excluding hydrogens is 188 g/mol. The Hall–Kier alpha value is -1.90. The fourth-order valence-electron chi connectivity index (χ4n) is 1.42. The summed E-state index contributed by atoms with van der Waals surface area (Å²) in [5, 5.41) is 7.69. The molecule has 0 amide bonds. The fraction of sp³-hybridized carbons (Fsp3) is 0.167. The molecule has 1 aromatic carbocycles. The van der Waals surface area contributed by atoms with Gasteiger partial charge in [0.1, 0.15) is 5.75 Å². The molecule has 0 N–H and O–H groups in total. The Morgan fingerprint density at radius 1 is 1.07 bits per heavy atom. The average Bonchev–Trinajstić information content (AvgIpc) is 2.31. The van der Waals surface area contributed by atoms with E-state index < -0.39 is 0 Å². The van der Waals surface area contributed by atoms with Crippen LogP contribution in [0.4, 0.5) is 0 Å². The summed E-state index contributed by atoms with van der Waals surface area (Å²) in [6.07, 6.45) is 3.37. The molecule has 0 atom stereocenters. The van der Waals surface area contributed by atoms with Crippen molar-refractivity contribution in [3.05, 3.63) is 42.7 Å². The molecule has 0 aliphatic rings. The normalized spacial score (nSPS) is 9.93. The monoisotopic (exact) mass is 200 g/mol. The topological polar surface area (TPSA) is 35.0 Å². The van der Waals surface area contributed by atoms with Crippen LogP contribution < -0.4 is 4.74 Å². The van der Waals surface area contributed by atoms with Crippen molar-refractivity contribution in [1.82, 2.24) is 10.2 Å². The average molecular weight is 200 g/mol. The van der Waals surface area contributed by atoms with Crippen molar-refractivity contribution in [1.29, 1.82) is 0 Å². The number of hydrogen-bond acceptors (Lipinski definition) is 3. The molecule has 3 heteroatoms. The van der Waals surface area contributed by atoms with Crippen molar-refractivity contribution in [2.75, 3.05) is 6.61 Å². The van der Waals surface area contributed by atoms with Gasteiger partial charge in [-0.1, -0.05) is 30.3 Å². The molecule has 76 valence electrons. The van der Waals surface area contributed by atoms with Crippen molar-refractivity contribution in [2.45, 2.75) is 6.92 Å². The third-order valence-electron chi connectivity index (χ3n) is 2.08. The van der Waals surface area contributed by atoms with Crippen molar-refractivity contribution >= 4 is 0 Å². The standard InChI is InChI=1S/C12H12N2O/c1-2-15-12-9-14-13-8-11(12)10-6-4-3-5-7-10/h3-9H,2H2,1H3. The molecule has 15 heavy (non-hydrogen) atoms. The number of ether oxygens (including phenoxy) is 1. The third kappa shape index (κ3) is 2.13. The van der Waals surface area contributed by atoms with E-state index in [0.29, 0.717) is 6.61 Å². The third-order valence-corrected chi connectivity index (χ3v) is 2.08. The van der Waals surface area contributed by atoms with Crippen molar-refractivity contribution in [3.8, 4) is 16.9 Å². The molecule has 0 saturated carbocycles. The van der Waals surface area contributed by atoms with Crippen LogP contribution in [0.3, 0.4) is 0 Å². The highest BCUT2D eigenvalue weighted by Crippen LogP contribution is 2.27. The van der Waals surface area contributed by atoms with Crippen molar-refractivity contribution in [3.63, 3.8) is 0 Å². The van der Waals surface area contributed by atoms with Crippen LogP contribution in [-0.4, -0.2) is 16.8 Å². The fourth-order valence-corrected chi connectivity index (χ4v) is 1.42. The van der Waals surface area contributed by atoms with Crippen LogP contribution in [0.2, 0.25) is 0 Å². The van der Waals surface area contributed by atoms with Gasteiger partial charge in [0.25, 0.3) is 0 Å². The lowest BCUT2D eigenvalue weighted by atomic mass is 10.1.